The zero-order valence-corrected chi connectivity index (χ0v) is 16.5. The molecule has 0 aliphatic heterocycles. The molecule has 3 aromatic carbocycles. The molecule has 5 nitrogen and oxygen atoms in total. The second-order valence-corrected chi connectivity index (χ2v) is 6.63. The second kappa shape index (κ2) is 9.01. The molecule has 3 aromatic rings. The number of carbonyl (C=O) groups is 1. The topological polar surface area (TPSA) is 62.4 Å². The summed E-state index contributed by atoms with van der Waals surface area (Å²) in [4.78, 5) is 12.3. The minimum Gasteiger partial charge on any atom is -0.457 e. The number of thiocarbonyl (C=S) groups is 1. The first-order valence-corrected chi connectivity index (χ1v) is 9.20. The lowest BCUT2D eigenvalue weighted by Gasteiger charge is -2.14. The van der Waals surface area contributed by atoms with Crippen LogP contribution in [-0.4, -0.2) is 11.0 Å². The molecule has 3 N–H and O–H groups in total. The maximum Gasteiger partial charge on any atom is 0.269 e. The van der Waals surface area contributed by atoms with Crippen LogP contribution in [0, 0.1) is 13.8 Å². The maximum atomic E-state index is 12.3. The fourth-order valence-electron chi connectivity index (χ4n) is 2.52. The van der Waals surface area contributed by atoms with Crippen LogP contribution >= 0.6 is 12.2 Å². The number of hydrogen-bond acceptors (Lipinski definition) is 3. The van der Waals surface area contributed by atoms with Gasteiger partial charge in [0, 0.05) is 11.3 Å². The lowest BCUT2D eigenvalue weighted by Crippen LogP contribution is -2.43. The van der Waals surface area contributed by atoms with Gasteiger partial charge in [-0.15, -0.1) is 0 Å². The molecule has 0 unspecified atom stereocenters. The van der Waals surface area contributed by atoms with Crippen molar-refractivity contribution < 1.29 is 9.53 Å². The van der Waals surface area contributed by atoms with E-state index in [1.807, 2.05) is 62.4 Å². The third-order valence-electron chi connectivity index (χ3n) is 4.24. The molecule has 0 aliphatic carbocycles. The molecule has 0 fully saturated rings. The molecule has 1 amide bonds. The lowest BCUT2D eigenvalue weighted by molar-refractivity contribution is 0.0944. The minimum absolute atomic E-state index is 0.295. The van der Waals surface area contributed by atoms with Gasteiger partial charge >= 0.3 is 0 Å². The SMILES string of the molecule is Cc1cccc(NC(=S)NNC(=O)c2ccc(Oc3ccccc3)cc2)c1C. The fraction of sp³-hybridized carbons (Fsp3) is 0.0909. The number of hydrogen-bond donors (Lipinski definition) is 3. The van der Waals surface area contributed by atoms with Gasteiger partial charge in [-0.05, 0) is 79.7 Å². The Morgan fingerprint density at radius 2 is 1.50 bits per heavy atom. The third-order valence-corrected chi connectivity index (χ3v) is 4.44. The normalized spacial score (nSPS) is 10.1. The predicted octanol–water partition coefficient (Wildman–Crippen LogP) is 4.73. The zero-order valence-electron chi connectivity index (χ0n) is 15.7. The van der Waals surface area contributed by atoms with E-state index in [0.717, 1.165) is 22.6 Å². The van der Waals surface area contributed by atoms with Crippen molar-refractivity contribution in [1.82, 2.24) is 10.9 Å². The molecule has 28 heavy (non-hydrogen) atoms. The van der Waals surface area contributed by atoms with Gasteiger partial charge in [0.25, 0.3) is 5.91 Å². The first-order valence-electron chi connectivity index (χ1n) is 8.79. The number of nitrogens with one attached hydrogen (secondary N) is 3. The van der Waals surface area contributed by atoms with Crippen molar-refractivity contribution in [3.63, 3.8) is 0 Å². The Morgan fingerprint density at radius 1 is 0.821 bits per heavy atom. The van der Waals surface area contributed by atoms with E-state index in [0.29, 0.717) is 16.4 Å². The quantitative estimate of drug-likeness (QED) is 0.443. The van der Waals surface area contributed by atoms with Gasteiger partial charge < -0.3 is 10.1 Å². The number of aryl methyl sites for hydroxylation is 1. The molecular formula is C22H21N3O2S. The standard InChI is InChI=1S/C22H21N3O2S/c1-15-7-6-10-20(16(15)2)23-22(28)25-24-21(26)17-11-13-19(14-12-17)27-18-8-4-3-5-9-18/h3-14H,1-2H3,(H,24,26)(H2,23,25,28). The highest BCUT2D eigenvalue weighted by Gasteiger charge is 2.08. The smallest absolute Gasteiger partial charge is 0.269 e. The molecular weight excluding hydrogens is 370 g/mol. The fourth-order valence-corrected chi connectivity index (χ4v) is 2.69. The van der Waals surface area contributed by atoms with E-state index < -0.39 is 0 Å². The van der Waals surface area contributed by atoms with Crippen LogP contribution in [0.5, 0.6) is 11.5 Å². The van der Waals surface area contributed by atoms with E-state index in [1.54, 1.807) is 24.3 Å². The van der Waals surface area contributed by atoms with E-state index >= 15 is 0 Å². The van der Waals surface area contributed by atoms with Gasteiger partial charge in [0.2, 0.25) is 0 Å². The maximum absolute atomic E-state index is 12.3. The monoisotopic (exact) mass is 391 g/mol. The van der Waals surface area contributed by atoms with E-state index in [9.17, 15) is 4.79 Å². The lowest BCUT2D eigenvalue weighted by atomic mass is 10.1. The number of ether oxygens (including phenoxy) is 1. The first kappa shape index (κ1) is 19.4. The second-order valence-electron chi connectivity index (χ2n) is 6.22. The Labute approximate surface area is 169 Å². The highest BCUT2D eigenvalue weighted by Crippen LogP contribution is 2.21. The van der Waals surface area contributed by atoms with E-state index in [2.05, 4.69) is 16.2 Å². The predicted molar refractivity (Wildman–Crippen MR) is 116 cm³/mol. The van der Waals surface area contributed by atoms with Crippen LogP contribution in [0.3, 0.4) is 0 Å². The van der Waals surface area contributed by atoms with Gasteiger partial charge in [-0.3, -0.25) is 15.6 Å². The van der Waals surface area contributed by atoms with Crippen LogP contribution < -0.4 is 20.9 Å². The summed E-state index contributed by atoms with van der Waals surface area (Å²) < 4.78 is 5.72. The van der Waals surface area contributed by atoms with Crippen LogP contribution in [0.25, 0.3) is 0 Å². The van der Waals surface area contributed by atoms with Crippen LogP contribution in [0.15, 0.2) is 72.8 Å². The summed E-state index contributed by atoms with van der Waals surface area (Å²) in [6.45, 7) is 4.04. The van der Waals surface area contributed by atoms with Crippen molar-refractivity contribution >= 4 is 28.9 Å². The Bertz CT molecular complexity index is 973. The molecule has 142 valence electrons. The number of anilines is 1. The van der Waals surface area contributed by atoms with Crippen molar-refractivity contribution in [2.45, 2.75) is 13.8 Å². The van der Waals surface area contributed by atoms with Crippen molar-refractivity contribution in [3.05, 3.63) is 89.5 Å². The zero-order chi connectivity index (χ0) is 19.9. The number of rotatable bonds is 4. The van der Waals surface area contributed by atoms with Crippen LogP contribution in [0.4, 0.5) is 5.69 Å². The number of carbonyl (C=O) groups excluding carboxylic acids is 1. The molecule has 0 aromatic heterocycles. The summed E-state index contributed by atoms with van der Waals surface area (Å²) in [5.41, 5.74) is 8.96. The van der Waals surface area contributed by atoms with Gasteiger partial charge in [-0.1, -0.05) is 30.3 Å². The van der Waals surface area contributed by atoms with Crippen molar-refractivity contribution in [1.29, 1.82) is 0 Å². The van der Waals surface area contributed by atoms with Crippen LogP contribution in [0.1, 0.15) is 21.5 Å². The molecule has 0 saturated carbocycles. The van der Waals surface area contributed by atoms with Gasteiger partial charge in [0.05, 0.1) is 0 Å². The van der Waals surface area contributed by atoms with Gasteiger partial charge in [0.15, 0.2) is 5.11 Å². The number of para-hydroxylation sites is 1. The largest absolute Gasteiger partial charge is 0.457 e. The average molecular weight is 391 g/mol. The van der Waals surface area contributed by atoms with Gasteiger partial charge in [-0.25, -0.2) is 0 Å². The molecule has 0 saturated heterocycles. The number of amides is 1. The molecule has 0 atom stereocenters. The molecule has 0 radical (unpaired) electrons. The average Bonchev–Trinajstić information content (AvgIpc) is 2.71. The summed E-state index contributed by atoms with van der Waals surface area (Å²) in [6.07, 6.45) is 0. The third kappa shape index (κ3) is 5.08. The first-order chi connectivity index (χ1) is 13.5. The summed E-state index contributed by atoms with van der Waals surface area (Å²) in [7, 11) is 0. The van der Waals surface area contributed by atoms with Gasteiger partial charge in [-0.2, -0.15) is 0 Å². The summed E-state index contributed by atoms with van der Waals surface area (Å²) in [5, 5.41) is 3.39. The van der Waals surface area contributed by atoms with Gasteiger partial charge in [0.1, 0.15) is 11.5 Å². The van der Waals surface area contributed by atoms with Crippen molar-refractivity contribution in [2.75, 3.05) is 5.32 Å². The van der Waals surface area contributed by atoms with E-state index in [1.165, 1.54) is 0 Å². The van der Waals surface area contributed by atoms with Crippen LogP contribution in [0.2, 0.25) is 0 Å². The van der Waals surface area contributed by atoms with E-state index in [4.69, 9.17) is 17.0 Å². The van der Waals surface area contributed by atoms with E-state index in [-0.39, 0.29) is 5.91 Å². The number of hydrazine groups is 1. The van der Waals surface area contributed by atoms with Crippen molar-refractivity contribution in [3.8, 4) is 11.5 Å². The summed E-state index contributed by atoms with van der Waals surface area (Å²) in [6, 6.07) is 22.3. The molecule has 0 bridgehead atoms. The minimum atomic E-state index is -0.295. The summed E-state index contributed by atoms with van der Waals surface area (Å²) >= 11 is 5.24. The Hall–Kier alpha value is -3.38. The molecule has 6 heteroatoms. The van der Waals surface area contributed by atoms with Crippen molar-refractivity contribution in [2.24, 2.45) is 0 Å². The molecule has 0 spiro atoms. The molecule has 0 aliphatic rings. The highest BCUT2D eigenvalue weighted by atomic mass is 32.1. The Kier molecular flexibility index (Phi) is 6.24. The molecule has 0 heterocycles. The Balaban J connectivity index is 1.53. The Morgan fingerprint density at radius 3 is 2.21 bits per heavy atom. The molecule has 3 rings (SSSR count). The number of benzene rings is 3. The van der Waals surface area contributed by atoms with Crippen LogP contribution in [-0.2, 0) is 0 Å². The highest BCUT2D eigenvalue weighted by molar-refractivity contribution is 7.80. The summed E-state index contributed by atoms with van der Waals surface area (Å²) in [5.74, 6) is 1.10.